The molecule has 0 saturated carbocycles. The minimum absolute atomic E-state index is 0.00372. The van der Waals surface area contributed by atoms with Crippen molar-refractivity contribution in [3.63, 3.8) is 0 Å². The second kappa shape index (κ2) is 5.77. The third-order valence-electron chi connectivity index (χ3n) is 2.27. The summed E-state index contributed by atoms with van der Waals surface area (Å²) < 4.78 is 4.72. The summed E-state index contributed by atoms with van der Waals surface area (Å²) in [5.74, 6) is -0.509. The van der Waals surface area contributed by atoms with Crippen molar-refractivity contribution in [3.8, 4) is 0 Å². The van der Waals surface area contributed by atoms with Gasteiger partial charge in [0.25, 0.3) is 0 Å². The van der Waals surface area contributed by atoms with Gasteiger partial charge in [0.2, 0.25) is 0 Å². The van der Waals surface area contributed by atoms with Crippen molar-refractivity contribution in [1.29, 1.82) is 0 Å². The molecule has 0 aliphatic carbocycles. The average molecular weight is 295 g/mol. The van der Waals surface area contributed by atoms with Gasteiger partial charge in [-0.2, -0.15) is 0 Å². The molecule has 98 valence electrons. The van der Waals surface area contributed by atoms with E-state index in [1.54, 1.807) is 12.1 Å². The van der Waals surface area contributed by atoms with Crippen LogP contribution in [-0.2, 0) is 9.53 Å². The van der Waals surface area contributed by atoms with Crippen LogP contribution in [0.1, 0.15) is 9.75 Å². The second-order valence-corrected chi connectivity index (χ2v) is 5.50. The zero-order valence-corrected chi connectivity index (χ0v) is 11.5. The Bertz CT molecular complexity index is 628. The van der Waals surface area contributed by atoms with E-state index in [4.69, 9.17) is 4.74 Å². The summed E-state index contributed by atoms with van der Waals surface area (Å²) in [6.07, 6.45) is 1.67. The van der Waals surface area contributed by atoms with Gasteiger partial charge in [0.05, 0.1) is 17.6 Å². The predicted octanol–water partition coefficient (Wildman–Crippen LogP) is 3.43. The third kappa shape index (κ3) is 3.07. The Labute approximate surface area is 116 Å². The number of hydrogen-bond acceptors (Lipinski definition) is 6. The van der Waals surface area contributed by atoms with Crippen LogP contribution in [0.3, 0.4) is 0 Å². The quantitative estimate of drug-likeness (QED) is 0.375. The van der Waals surface area contributed by atoms with Crippen molar-refractivity contribution < 1.29 is 14.5 Å². The lowest BCUT2D eigenvalue weighted by atomic mass is 10.2. The van der Waals surface area contributed by atoms with Crippen molar-refractivity contribution in [1.82, 2.24) is 0 Å². The lowest BCUT2D eigenvalue weighted by molar-refractivity contribution is -0.380. The topological polar surface area (TPSA) is 69.4 Å². The average Bonchev–Trinajstić information content (AvgIpc) is 3.05. The Morgan fingerprint density at radius 2 is 2.21 bits per heavy atom. The van der Waals surface area contributed by atoms with E-state index in [2.05, 4.69) is 0 Å². The van der Waals surface area contributed by atoms with Crippen LogP contribution in [0, 0.1) is 10.1 Å². The zero-order chi connectivity index (χ0) is 13.8. The van der Waals surface area contributed by atoms with Gasteiger partial charge in [0.15, 0.2) is 0 Å². The number of esters is 1. The van der Waals surface area contributed by atoms with Crippen LogP contribution in [0.4, 0.5) is 5.00 Å². The van der Waals surface area contributed by atoms with Gasteiger partial charge < -0.3 is 4.74 Å². The maximum absolute atomic E-state index is 11.8. The minimum Gasteiger partial charge on any atom is -0.465 e. The highest BCUT2D eigenvalue weighted by molar-refractivity contribution is 7.16. The van der Waals surface area contributed by atoms with Gasteiger partial charge in [0, 0.05) is 15.8 Å². The molecule has 0 atom stereocenters. The molecule has 0 N–H and O–H groups in total. The maximum atomic E-state index is 11.8. The van der Waals surface area contributed by atoms with E-state index in [9.17, 15) is 14.9 Å². The van der Waals surface area contributed by atoms with E-state index in [0.717, 1.165) is 16.2 Å². The predicted molar refractivity (Wildman–Crippen MR) is 75.2 cm³/mol. The summed E-state index contributed by atoms with van der Waals surface area (Å²) in [5.41, 5.74) is 0.322. The molecule has 7 heteroatoms. The fourth-order valence-corrected chi connectivity index (χ4v) is 2.91. The molecule has 0 bridgehead atoms. The molecule has 0 saturated heterocycles. The number of carbonyl (C=O) groups excluding carboxylic acids is 1. The highest BCUT2D eigenvalue weighted by Gasteiger charge is 2.18. The summed E-state index contributed by atoms with van der Waals surface area (Å²) in [6.45, 7) is 0. The monoisotopic (exact) mass is 295 g/mol. The van der Waals surface area contributed by atoms with Gasteiger partial charge in [-0.3, -0.25) is 10.1 Å². The van der Waals surface area contributed by atoms with Gasteiger partial charge >= 0.3 is 11.0 Å². The number of hydrogen-bond donors (Lipinski definition) is 0. The summed E-state index contributed by atoms with van der Waals surface area (Å²) in [4.78, 5) is 23.4. The second-order valence-electron chi connectivity index (χ2n) is 3.46. The van der Waals surface area contributed by atoms with E-state index in [1.165, 1.54) is 24.5 Å². The lowest BCUT2D eigenvalue weighted by Crippen LogP contribution is -2.02. The summed E-state index contributed by atoms with van der Waals surface area (Å²) in [6, 6.07) is 6.66. The Kier molecular flexibility index (Phi) is 4.08. The van der Waals surface area contributed by atoms with Crippen molar-refractivity contribution in [2.45, 2.75) is 0 Å². The number of nitro groups is 1. The van der Waals surface area contributed by atoms with E-state index in [-0.39, 0.29) is 5.00 Å². The number of carbonyl (C=O) groups is 1. The molecule has 0 aliphatic rings. The van der Waals surface area contributed by atoms with Gasteiger partial charge in [0.1, 0.15) is 0 Å². The molecule has 0 fully saturated rings. The van der Waals surface area contributed by atoms with Gasteiger partial charge in [-0.15, -0.1) is 11.3 Å². The van der Waals surface area contributed by atoms with Crippen molar-refractivity contribution in [2.24, 2.45) is 0 Å². The van der Waals surface area contributed by atoms with Gasteiger partial charge in [-0.05, 0) is 23.6 Å². The van der Waals surface area contributed by atoms with Crippen LogP contribution >= 0.6 is 22.7 Å². The first-order valence-electron chi connectivity index (χ1n) is 5.20. The molecule has 0 amide bonds. The third-order valence-corrected chi connectivity index (χ3v) is 4.16. The Morgan fingerprint density at radius 1 is 1.42 bits per heavy atom. The number of ether oxygens (including phenoxy) is 1. The van der Waals surface area contributed by atoms with Crippen LogP contribution in [0.25, 0.3) is 11.6 Å². The minimum atomic E-state index is -0.509. The van der Waals surface area contributed by atoms with Crippen LogP contribution in [0.5, 0.6) is 0 Å². The number of methoxy groups -OCH3 is 1. The fourth-order valence-electron chi connectivity index (χ4n) is 1.43. The van der Waals surface area contributed by atoms with Crippen molar-refractivity contribution in [2.75, 3.05) is 7.11 Å². The van der Waals surface area contributed by atoms with Gasteiger partial charge in [-0.1, -0.05) is 17.4 Å². The van der Waals surface area contributed by atoms with E-state index in [1.807, 2.05) is 17.5 Å². The lowest BCUT2D eigenvalue weighted by Gasteiger charge is -2.01. The van der Waals surface area contributed by atoms with E-state index < -0.39 is 10.9 Å². The van der Waals surface area contributed by atoms with Crippen molar-refractivity contribution in [3.05, 3.63) is 49.5 Å². The number of nitrogens with zero attached hydrogens (tertiary/aromatic N) is 1. The highest BCUT2D eigenvalue weighted by Crippen LogP contribution is 2.31. The Balaban J connectivity index is 2.43. The molecule has 2 aromatic heterocycles. The van der Waals surface area contributed by atoms with Crippen LogP contribution in [0.2, 0.25) is 0 Å². The normalized spacial score (nSPS) is 11.3. The molecular formula is C12H9NO4S2. The summed E-state index contributed by atoms with van der Waals surface area (Å²) >= 11 is 2.42. The Morgan fingerprint density at radius 3 is 2.74 bits per heavy atom. The SMILES string of the molecule is COC(=O)/C(=C/c1cccs1)c1ccc([N+](=O)[O-])s1. The smallest absolute Gasteiger partial charge is 0.339 e. The first-order chi connectivity index (χ1) is 9.11. The summed E-state index contributed by atoms with van der Waals surface area (Å²) in [7, 11) is 1.28. The maximum Gasteiger partial charge on any atom is 0.339 e. The van der Waals surface area contributed by atoms with Crippen LogP contribution < -0.4 is 0 Å². The summed E-state index contributed by atoms with van der Waals surface area (Å²) in [5, 5.41) is 12.6. The van der Waals surface area contributed by atoms with Gasteiger partial charge in [-0.25, -0.2) is 4.79 Å². The number of rotatable bonds is 4. The molecule has 0 spiro atoms. The van der Waals surface area contributed by atoms with Crippen LogP contribution in [-0.4, -0.2) is 18.0 Å². The highest BCUT2D eigenvalue weighted by atomic mass is 32.1. The molecule has 0 unspecified atom stereocenters. The molecule has 2 rings (SSSR count). The molecule has 2 heterocycles. The zero-order valence-electron chi connectivity index (χ0n) is 9.86. The first-order valence-corrected chi connectivity index (χ1v) is 6.89. The van der Waals surface area contributed by atoms with E-state index >= 15 is 0 Å². The fraction of sp³-hybridized carbons (Fsp3) is 0.0833. The molecule has 5 nitrogen and oxygen atoms in total. The van der Waals surface area contributed by atoms with Crippen LogP contribution in [0.15, 0.2) is 29.6 Å². The molecule has 0 aliphatic heterocycles. The molecule has 19 heavy (non-hydrogen) atoms. The standard InChI is InChI=1S/C12H9NO4S2/c1-17-12(14)9(7-8-3-2-6-18-8)10-4-5-11(19-10)13(15)16/h2-7H,1H3/b9-7+. The molecule has 2 aromatic rings. The van der Waals surface area contributed by atoms with E-state index in [0.29, 0.717) is 10.5 Å². The Hall–Kier alpha value is -1.99. The van der Waals surface area contributed by atoms with Crippen molar-refractivity contribution >= 4 is 45.3 Å². The molecular weight excluding hydrogens is 286 g/mol. The largest absolute Gasteiger partial charge is 0.465 e. The molecule has 0 radical (unpaired) electrons. The first kappa shape index (κ1) is 13.4. The molecule has 0 aromatic carbocycles. The number of thiophene rings is 2.